The van der Waals surface area contributed by atoms with Gasteiger partial charge in [0.2, 0.25) is 6.43 Å². The zero-order chi connectivity index (χ0) is 16.9. The molecule has 0 saturated heterocycles. The average molecular weight is 316 g/mol. The van der Waals surface area contributed by atoms with Crippen molar-refractivity contribution in [1.29, 1.82) is 0 Å². The Morgan fingerprint density at radius 2 is 2.00 bits per heavy atom. The molecule has 7 heteroatoms. The molecule has 1 rings (SSSR count). The number of rotatable bonds is 5. The minimum absolute atomic E-state index is 0.211. The number of nitrogens with one attached hydrogen (secondary N) is 1. The van der Waals surface area contributed by atoms with Crippen LogP contribution in [0.25, 0.3) is 0 Å². The van der Waals surface area contributed by atoms with Gasteiger partial charge in [-0.05, 0) is 44.5 Å². The van der Waals surface area contributed by atoms with Crippen LogP contribution in [-0.2, 0) is 4.74 Å². The van der Waals surface area contributed by atoms with Crippen LogP contribution in [0.4, 0.5) is 19.3 Å². The lowest BCUT2D eigenvalue weighted by Gasteiger charge is -2.22. The molecule has 1 atom stereocenters. The van der Waals surface area contributed by atoms with Gasteiger partial charge in [-0.25, -0.2) is 13.6 Å². The number of nitrogens with two attached hydrogens (primary N) is 1. The number of alkyl halides is 2. The normalized spacial score (nSPS) is 12.9. The minimum Gasteiger partial charge on any atom is -0.497 e. The molecule has 0 spiro atoms. The molecule has 0 aliphatic rings. The molecular formula is C15H22F2N2O3. The van der Waals surface area contributed by atoms with Crippen LogP contribution >= 0.6 is 0 Å². The number of carbonyl (C=O) groups excluding carboxylic acids is 1. The molecule has 5 nitrogen and oxygen atoms in total. The van der Waals surface area contributed by atoms with Crippen molar-refractivity contribution < 1.29 is 23.0 Å². The fourth-order valence-electron chi connectivity index (χ4n) is 1.87. The molecule has 124 valence electrons. The third-order valence-corrected chi connectivity index (χ3v) is 2.85. The van der Waals surface area contributed by atoms with Gasteiger partial charge in [0.15, 0.2) is 0 Å². The highest BCUT2D eigenvalue weighted by molar-refractivity contribution is 5.86. The van der Waals surface area contributed by atoms with Crippen LogP contribution in [0.15, 0.2) is 18.2 Å². The Kier molecular flexibility index (Phi) is 6.11. The SMILES string of the molecule is COc1ccc(NC(=O)OC(C)(C)C)c(C(CN)C(F)F)c1. The van der Waals surface area contributed by atoms with Crippen LogP contribution < -0.4 is 15.8 Å². The molecule has 3 N–H and O–H groups in total. The van der Waals surface area contributed by atoms with Crippen LogP contribution in [0.1, 0.15) is 32.3 Å². The maximum atomic E-state index is 13.1. The first kappa shape index (κ1) is 18.2. The summed E-state index contributed by atoms with van der Waals surface area (Å²) in [6.45, 7) is 4.88. The molecule has 1 amide bonds. The number of methoxy groups -OCH3 is 1. The van der Waals surface area contributed by atoms with E-state index in [9.17, 15) is 13.6 Å². The first-order valence-electron chi connectivity index (χ1n) is 6.84. The largest absolute Gasteiger partial charge is 0.497 e. The number of hydrogen-bond donors (Lipinski definition) is 2. The molecule has 1 unspecified atom stereocenters. The maximum absolute atomic E-state index is 13.1. The number of anilines is 1. The fourth-order valence-corrected chi connectivity index (χ4v) is 1.87. The fraction of sp³-hybridized carbons (Fsp3) is 0.533. The van der Waals surface area contributed by atoms with E-state index >= 15 is 0 Å². The lowest BCUT2D eigenvalue weighted by molar-refractivity contribution is 0.0634. The van der Waals surface area contributed by atoms with E-state index in [1.54, 1.807) is 26.8 Å². The molecule has 0 fully saturated rings. The van der Waals surface area contributed by atoms with Crippen molar-refractivity contribution in [3.8, 4) is 5.75 Å². The summed E-state index contributed by atoms with van der Waals surface area (Å²) in [7, 11) is 1.43. The topological polar surface area (TPSA) is 73.6 Å². The van der Waals surface area contributed by atoms with Crippen LogP contribution in [-0.4, -0.2) is 31.8 Å². The maximum Gasteiger partial charge on any atom is 0.412 e. The van der Waals surface area contributed by atoms with E-state index in [-0.39, 0.29) is 17.8 Å². The van der Waals surface area contributed by atoms with Crippen molar-refractivity contribution in [3.63, 3.8) is 0 Å². The lowest BCUT2D eigenvalue weighted by atomic mass is 9.97. The van der Waals surface area contributed by atoms with Crippen LogP contribution in [0.5, 0.6) is 5.75 Å². The summed E-state index contributed by atoms with van der Waals surface area (Å²) >= 11 is 0. The second-order valence-electron chi connectivity index (χ2n) is 5.76. The Morgan fingerprint density at radius 1 is 1.36 bits per heavy atom. The first-order chi connectivity index (χ1) is 10.2. The predicted molar refractivity (Wildman–Crippen MR) is 80.7 cm³/mol. The summed E-state index contributed by atoms with van der Waals surface area (Å²) in [6, 6.07) is 4.49. The number of halogens is 2. The van der Waals surface area contributed by atoms with Gasteiger partial charge >= 0.3 is 6.09 Å². The first-order valence-corrected chi connectivity index (χ1v) is 6.84. The van der Waals surface area contributed by atoms with Gasteiger partial charge in [-0.3, -0.25) is 5.32 Å². The molecule has 1 aromatic carbocycles. The Hall–Kier alpha value is -1.89. The van der Waals surface area contributed by atoms with E-state index in [4.69, 9.17) is 15.2 Å². The predicted octanol–water partition coefficient (Wildman–Crippen LogP) is 3.35. The Balaban J connectivity index is 3.10. The van der Waals surface area contributed by atoms with E-state index in [0.717, 1.165) is 0 Å². The van der Waals surface area contributed by atoms with Gasteiger partial charge in [-0.1, -0.05) is 0 Å². The Bertz CT molecular complexity index is 516. The summed E-state index contributed by atoms with van der Waals surface area (Å²) in [5.41, 5.74) is 5.18. The highest BCUT2D eigenvalue weighted by atomic mass is 19.3. The average Bonchev–Trinajstić information content (AvgIpc) is 2.38. The van der Waals surface area contributed by atoms with E-state index in [1.165, 1.54) is 19.2 Å². The Morgan fingerprint density at radius 3 is 2.45 bits per heavy atom. The summed E-state index contributed by atoms with van der Waals surface area (Å²) < 4.78 is 36.5. The van der Waals surface area contributed by atoms with Crippen molar-refractivity contribution in [2.24, 2.45) is 5.73 Å². The smallest absolute Gasteiger partial charge is 0.412 e. The Labute approximate surface area is 128 Å². The van der Waals surface area contributed by atoms with Gasteiger partial charge in [-0.2, -0.15) is 0 Å². The highest BCUT2D eigenvalue weighted by Gasteiger charge is 2.26. The number of hydrogen-bond acceptors (Lipinski definition) is 4. The molecule has 1 aromatic rings. The molecule has 0 radical (unpaired) electrons. The molecule has 0 aliphatic carbocycles. The summed E-state index contributed by atoms with van der Waals surface area (Å²) in [4.78, 5) is 11.8. The second kappa shape index (κ2) is 7.40. The molecule has 0 aromatic heterocycles. The van der Waals surface area contributed by atoms with Crippen LogP contribution in [0.2, 0.25) is 0 Å². The zero-order valence-corrected chi connectivity index (χ0v) is 13.2. The standard InChI is InChI=1S/C15H22F2N2O3/c1-15(2,3)22-14(20)19-12-6-5-9(21-4)7-10(12)11(8-18)13(16)17/h5-7,11,13H,8,18H2,1-4H3,(H,19,20). The van der Waals surface area contributed by atoms with Crippen molar-refractivity contribution in [1.82, 2.24) is 0 Å². The van der Waals surface area contributed by atoms with Crippen molar-refractivity contribution in [2.45, 2.75) is 38.7 Å². The monoisotopic (exact) mass is 316 g/mol. The van der Waals surface area contributed by atoms with Gasteiger partial charge in [0.05, 0.1) is 13.0 Å². The van der Waals surface area contributed by atoms with Gasteiger partial charge in [-0.15, -0.1) is 0 Å². The van der Waals surface area contributed by atoms with E-state index in [2.05, 4.69) is 5.32 Å². The van der Waals surface area contributed by atoms with E-state index in [0.29, 0.717) is 5.75 Å². The van der Waals surface area contributed by atoms with Crippen LogP contribution in [0.3, 0.4) is 0 Å². The van der Waals surface area contributed by atoms with Crippen molar-refractivity contribution in [2.75, 3.05) is 19.0 Å². The lowest BCUT2D eigenvalue weighted by Crippen LogP contribution is -2.28. The number of amides is 1. The minimum atomic E-state index is -2.66. The molecule has 22 heavy (non-hydrogen) atoms. The van der Waals surface area contributed by atoms with Crippen LogP contribution in [0, 0.1) is 0 Å². The molecule has 0 saturated carbocycles. The third kappa shape index (κ3) is 5.14. The summed E-state index contributed by atoms with van der Waals surface area (Å²) in [6.07, 6.45) is -3.37. The number of benzene rings is 1. The molecule has 0 heterocycles. The van der Waals surface area contributed by atoms with E-state index < -0.39 is 24.0 Å². The van der Waals surface area contributed by atoms with Crippen molar-refractivity contribution in [3.05, 3.63) is 23.8 Å². The summed E-state index contributed by atoms with van der Waals surface area (Å²) in [5.74, 6) is -0.802. The number of carbonyl (C=O) groups is 1. The highest BCUT2D eigenvalue weighted by Crippen LogP contribution is 2.32. The second-order valence-corrected chi connectivity index (χ2v) is 5.76. The van der Waals surface area contributed by atoms with Gasteiger partial charge < -0.3 is 15.2 Å². The molecule has 0 bridgehead atoms. The summed E-state index contributed by atoms with van der Waals surface area (Å²) in [5, 5.41) is 2.48. The molecular weight excluding hydrogens is 294 g/mol. The molecule has 0 aliphatic heterocycles. The van der Waals surface area contributed by atoms with E-state index in [1.807, 2.05) is 0 Å². The van der Waals surface area contributed by atoms with Gasteiger partial charge in [0, 0.05) is 12.2 Å². The zero-order valence-electron chi connectivity index (χ0n) is 13.2. The van der Waals surface area contributed by atoms with Crippen molar-refractivity contribution >= 4 is 11.8 Å². The van der Waals surface area contributed by atoms with Gasteiger partial charge in [0.1, 0.15) is 11.4 Å². The number of ether oxygens (including phenoxy) is 2. The quantitative estimate of drug-likeness (QED) is 0.873. The third-order valence-electron chi connectivity index (χ3n) is 2.85. The van der Waals surface area contributed by atoms with Gasteiger partial charge in [0.25, 0.3) is 0 Å².